The van der Waals surface area contributed by atoms with Crippen LogP contribution in [0.2, 0.25) is 0 Å². The van der Waals surface area contributed by atoms with Gasteiger partial charge in [-0.3, -0.25) is 4.79 Å². The first kappa shape index (κ1) is 14.3. The highest BCUT2D eigenvalue weighted by molar-refractivity contribution is 6.14. The number of esters is 1. The normalized spacial score (nSPS) is 11.2. The van der Waals surface area contributed by atoms with Crippen LogP contribution in [0.15, 0.2) is 18.2 Å². The van der Waals surface area contributed by atoms with Gasteiger partial charge in [-0.25, -0.2) is 4.79 Å². The topological polar surface area (TPSA) is 43.4 Å². The lowest BCUT2D eigenvalue weighted by Gasteiger charge is -2.15. The van der Waals surface area contributed by atoms with Crippen molar-refractivity contribution in [1.29, 1.82) is 0 Å². The molecule has 0 radical (unpaired) electrons. The molecule has 0 saturated heterocycles. The van der Waals surface area contributed by atoms with Gasteiger partial charge in [-0.2, -0.15) is 8.78 Å². The number of carbonyl (C=O) groups excluding carboxylic acids is 2. The van der Waals surface area contributed by atoms with Crippen molar-refractivity contribution in [1.82, 2.24) is 0 Å². The molecular formula is C13H14F2O3. The standard InChI is InChI=1S/C13H14F2O3/c1-4-18-12(17)13(14,15)11(16)10-7-8(2)5-6-9(10)3/h5-7H,4H2,1-3H3. The van der Waals surface area contributed by atoms with Gasteiger partial charge in [-0.05, 0) is 32.4 Å². The van der Waals surface area contributed by atoms with Crippen LogP contribution in [0.4, 0.5) is 8.78 Å². The van der Waals surface area contributed by atoms with Crippen LogP contribution in [-0.4, -0.2) is 24.3 Å². The Bertz CT molecular complexity index is 481. The first-order valence-electron chi connectivity index (χ1n) is 5.47. The quantitative estimate of drug-likeness (QED) is 0.472. The van der Waals surface area contributed by atoms with Gasteiger partial charge in [0.25, 0.3) is 0 Å². The first-order chi connectivity index (χ1) is 8.30. The summed E-state index contributed by atoms with van der Waals surface area (Å²) in [4.78, 5) is 22.8. The van der Waals surface area contributed by atoms with Gasteiger partial charge in [0.2, 0.25) is 5.78 Å². The minimum Gasteiger partial charge on any atom is -0.461 e. The molecule has 3 nitrogen and oxygen atoms in total. The van der Waals surface area contributed by atoms with E-state index in [1.54, 1.807) is 19.1 Å². The van der Waals surface area contributed by atoms with Gasteiger partial charge in [0, 0.05) is 5.56 Å². The molecule has 0 spiro atoms. The average molecular weight is 256 g/mol. The van der Waals surface area contributed by atoms with Gasteiger partial charge >= 0.3 is 11.9 Å². The van der Waals surface area contributed by atoms with Crippen LogP contribution in [0.5, 0.6) is 0 Å². The molecule has 0 unspecified atom stereocenters. The molecule has 0 heterocycles. The summed E-state index contributed by atoms with van der Waals surface area (Å²) in [6.07, 6.45) is 0. The third-order valence-corrected chi connectivity index (χ3v) is 2.45. The second-order valence-electron chi connectivity index (χ2n) is 3.94. The molecule has 0 aromatic heterocycles. The van der Waals surface area contributed by atoms with E-state index in [0.717, 1.165) is 0 Å². The first-order valence-corrected chi connectivity index (χ1v) is 5.47. The second-order valence-corrected chi connectivity index (χ2v) is 3.94. The summed E-state index contributed by atoms with van der Waals surface area (Å²) in [7, 11) is 0. The average Bonchev–Trinajstić information content (AvgIpc) is 2.31. The SMILES string of the molecule is CCOC(=O)C(F)(F)C(=O)c1cc(C)ccc1C. The number of aryl methyl sites for hydroxylation is 2. The second kappa shape index (κ2) is 5.25. The van der Waals surface area contributed by atoms with Gasteiger partial charge in [0.15, 0.2) is 0 Å². The molecule has 1 aromatic carbocycles. The number of hydrogen-bond donors (Lipinski definition) is 0. The molecule has 0 aliphatic heterocycles. The van der Waals surface area contributed by atoms with Crippen LogP contribution in [0.25, 0.3) is 0 Å². The molecule has 0 saturated carbocycles. The van der Waals surface area contributed by atoms with Crippen LogP contribution >= 0.6 is 0 Å². The van der Waals surface area contributed by atoms with Gasteiger partial charge in [0.05, 0.1) is 6.61 Å². The Morgan fingerprint density at radius 3 is 2.44 bits per heavy atom. The fourth-order valence-electron chi connectivity index (χ4n) is 1.46. The van der Waals surface area contributed by atoms with Crippen molar-refractivity contribution in [2.45, 2.75) is 26.7 Å². The van der Waals surface area contributed by atoms with E-state index < -0.39 is 17.7 Å². The number of rotatable bonds is 4. The summed E-state index contributed by atoms with van der Waals surface area (Å²) in [5, 5.41) is 0. The molecule has 0 N–H and O–H groups in total. The molecule has 0 atom stereocenters. The van der Waals surface area contributed by atoms with Crippen molar-refractivity contribution in [3.8, 4) is 0 Å². The Morgan fingerprint density at radius 1 is 1.28 bits per heavy atom. The van der Waals surface area contributed by atoms with E-state index in [9.17, 15) is 18.4 Å². The van der Waals surface area contributed by atoms with Gasteiger partial charge in [0.1, 0.15) is 0 Å². The maximum absolute atomic E-state index is 13.6. The molecule has 0 fully saturated rings. The van der Waals surface area contributed by atoms with Crippen LogP contribution in [0.1, 0.15) is 28.4 Å². The Balaban J connectivity index is 3.13. The molecule has 0 bridgehead atoms. The van der Waals surface area contributed by atoms with Crippen molar-refractivity contribution in [3.63, 3.8) is 0 Å². The van der Waals surface area contributed by atoms with Gasteiger partial charge < -0.3 is 4.74 Å². The third-order valence-electron chi connectivity index (χ3n) is 2.45. The summed E-state index contributed by atoms with van der Waals surface area (Å²) >= 11 is 0. The Kier molecular flexibility index (Phi) is 4.16. The van der Waals surface area contributed by atoms with Crippen LogP contribution < -0.4 is 0 Å². The van der Waals surface area contributed by atoms with Crippen molar-refractivity contribution in [3.05, 3.63) is 34.9 Å². The molecule has 0 aliphatic carbocycles. The zero-order valence-electron chi connectivity index (χ0n) is 10.4. The largest absolute Gasteiger partial charge is 0.461 e. The van der Waals surface area contributed by atoms with E-state index >= 15 is 0 Å². The van der Waals surface area contributed by atoms with Crippen LogP contribution in [0, 0.1) is 13.8 Å². The number of ether oxygens (including phenoxy) is 1. The van der Waals surface area contributed by atoms with Crippen molar-refractivity contribution < 1.29 is 23.1 Å². The number of benzene rings is 1. The fourth-order valence-corrected chi connectivity index (χ4v) is 1.46. The molecule has 0 amide bonds. The van der Waals surface area contributed by atoms with E-state index in [-0.39, 0.29) is 12.2 Å². The van der Waals surface area contributed by atoms with E-state index in [1.807, 2.05) is 0 Å². The third kappa shape index (κ3) is 2.72. The van der Waals surface area contributed by atoms with Crippen LogP contribution in [0.3, 0.4) is 0 Å². The Morgan fingerprint density at radius 2 is 1.89 bits per heavy atom. The minimum atomic E-state index is -4.14. The number of Topliss-reactive ketones (excluding diaryl/α,β-unsaturated/α-hetero) is 1. The summed E-state index contributed by atoms with van der Waals surface area (Å²) in [5.41, 5.74) is 0.909. The van der Waals surface area contributed by atoms with Crippen molar-refractivity contribution in [2.24, 2.45) is 0 Å². The Hall–Kier alpha value is -1.78. The zero-order valence-corrected chi connectivity index (χ0v) is 10.4. The van der Waals surface area contributed by atoms with Crippen molar-refractivity contribution in [2.75, 3.05) is 6.61 Å². The summed E-state index contributed by atoms with van der Waals surface area (Å²) in [6, 6.07) is 4.60. The maximum atomic E-state index is 13.6. The molecule has 98 valence electrons. The smallest absolute Gasteiger partial charge is 0.404 e. The molecule has 0 aliphatic rings. The van der Waals surface area contributed by atoms with Crippen molar-refractivity contribution >= 4 is 11.8 Å². The highest BCUT2D eigenvalue weighted by Gasteiger charge is 2.49. The highest BCUT2D eigenvalue weighted by Crippen LogP contribution is 2.24. The molecule has 1 rings (SSSR count). The van der Waals surface area contributed by atoms with E-state index in [2.05, 4.69) is 4.74 Å². The maximum Gasteiger partial charge on any atom is 0.404 e. The number of halogens is 2. The van der Waals surface area contributed by atoms with E-state index in [1.165, 1.54) is 19.9 Å². The fraction of sp³-hybridized carbons (Fsp3) is 0.385. The zero-order chi connectivity index (χ0) is 13.9. The minimum absolute atomic E-state index is 0.159. The molecular weight excluding hydrogens is 242 g/mol. The number of hydrogen-bond acceptors (Lipinski definition) is 3. The number of ketones is 1. The lowest BCUT2D eigenvalue weighted by Crippen LogP contribution is -2.39. The van der Waals surface area contributed by atoms with E-state index in [4.69, 9.17) is 0 Å². The van der Waals surface area contributed by atoms with Gasteiger partial charge in [-0.15, -0.1) is 0 Å². The van der Waals surface area contributed by atoms with Crippen LogP contribution in [-0.2, 0) is 9.53 Å². The molecule has 18 heavy (non-hydrogen) atoms. The lowest BCUT2D eigenvalue weighted by atomic mass is 9.98. The monoisotopic (exact) mass is 256 g/mol. The predicted molar refractivity (Wildman–Crippen MR) is 61.8 cm³/mol. The number of carbonyl (C=O) groups is 2. The predicted octanol–water partition coefficient (Wildman–Crippen LogP) is 2.68. The summed E-state index contributed by atoms with van der Waals surface area (Å²) < 4.78 is 31.4. The number of alkyl halides is 2. The molecule has 5 heteroatoms. The Labute approximate surface area is 104 Å². The summed E-state index contributed by atoms with van der Waals surface area (Å²) in [6.45, 7) is 4.41. The molecule has 1 aromatic rings. The lowest BCUT2D eigenvalue weighted by molar-refractivity contribution is -0.164. The summed E-state index contributed by atoms with van der Waals surface area (Å²) in [5.74, 6) is -7.48. The van der Waals surface area contributed by atoms with E-state index in [0.29, 0.717) is 11.1 Å². The van der Waals surface area contributed by atoms with Gasteiger partial charge in [-0.1, -0.05) is 17.7 Å². The highest BCUT2D eigenvalue weighted by atomic mass is 19.3.